The molecule has 1 N–H and O–H groups in total. The fourth-order valence-corrected chi connectivity index (χ4v) is 27.1. The number of ether oxygens (including phenoxy) is 2. The van der Waals surface area contributed by atoms with E-state index in [1.807, 2.05) is 31.1 Å². The highest BCUT2D eigenvalue weighted by Crippen LogP contribution is 2.54. The zero-order valence-corrected chi connectivity index (χ0v) is 87.6. The van der Waals surface area contributed by atoms with Crippen LogP contribution in [-0.2, 0) is 115 Å². The lowest BCUT2D eigenvalue weighted by atomic mass is 10.1. The van der Waals surface area contributed by atoms with E-state index in [-0.39, 0.29) is 66.7 Å². The van der Waals surface area contributed by atoms with Gasteiger partial charge in [-0.2, -0.15) is 56.6 Å². The van der Waals surface area contributed by atoms with E-state index in [0.29, 0.717) is 44.8 Å². The predicted molar refractivity (Wildman–Crippen MR) is 536 cm³/mol. The van der Waals surface area contributed by atoms with Crippen molar-refractivity contribution in [3.8, 4) is 5.75 Å². The van der Waals surface area contributed by atoms with Crippen LogP contribution in [0.1, 0.15) is 71.8 Å². The minimum Gasteiger partial charge on any atom is -0.482 e. The first kappa shape index (κ1) is 121. The van der Waals surface area contributed by atoms with E-state index in [1.54, 1.807) is 32.9 Å². The number of nitrogens with zero attached hydrogens (tertiary/aromatic N) is 6. The van der Waals surface area contributed by atoms with Gasteiger partial charge in [-0.1, -0.05) is 207 Å². The number of quaternary nitrogens is 1. The summed E-state index contributed by atoms with van der Waals surface area (Å²) in [6.45, 7) is 5.68. The van der Waals surface area contributed by atoms with E-state index in [0.717, 1.165) is 37.8 Å². The first-order chi connectivity index (χ1) is 67.6. The maximum atomic E-state index is 14.0. The van der Waals surface area contributed by atoms with Crippen molar-refractivity contribution >= 4 is 132 Å². The summed E-state index contributed by atoms with van der Waals surface area (Å²) in [6, 6.07) is 107. The van der Waals surface area contributed by atoms with Crippen LogP contribution >= 0.6 is 22.8 Å². The first-order valence-electron chi connectivity index (χ1n) is 43.2. The Bertz CT molecular complexity index is 6080. The van der Waals surface area contributed by atoms with Crippen molar-refractivity contribution in [2.45, 2.75) is 150 Å². The average molecular weight is 2230 g/mol. The third-order valence-electron chi connectivity index (χ3n) is 19.0. The van der Waals surface area contributed by atoms with Crippen LogP contribution in [0.3, 0.4) is 0 Å². The van der Waals surface area contributed by atoms with E-state index in [4.69, 9.17) is 9.47 Å². The molecule has 144 heavy (non-hydrogen) atoms. The van der Waals surface area contributed by atoms with Crippen molar-refractivity contribution in [1.82, 2.24) is 9.21 Å². The van der Waals surface area contributed by atoms with Crippen molar-refractivity contribution in [3.05, 3.63) is 329 Å². The molecule has 1 heterocycles. The van der Waals surface area contributed by atoms with E-state index >= 15 is 0 Å². The fourth-order valence-electron chi connectivity index (χ4n) is 12.0. The number of aryl methyl sites for hydroxylation is 1. The summed E-state index contributed by atoms with van der Waals surface area (Å²) >= 11 is 0.448. The largest absolute Gasteiger partial charge is 0.482 e. The van der Waals surface area contributed by atoms with E-state index in [2.05, 4.69) is 308 Å². The van der Waals surface area contributed by atoms with Crippen LogP contribution < -0.4 is 15.0 Å². The number of benzene rings is 11. The Kier molecular flexibility index (Phi) is 47.8. The maximum Gasteiger partial charge on any atom is 0.480 e. The third kappa shape index (κ3) is 39.3. The number of nitrogens with one attached hydrogen (secondary N) is 1. The number of alkyl halides is 9. The van der Waals surface area contributed by atoms with E-state index in [1.165, 1.54) is 85.8 Å². The van der Waals surface area contributed by atoms with Gasteiger partial charge in [0.25, 0.3) is 10.0 Å². The number of unbranched alkanes of at least 4 members (excludes halogenated alkanes) is 5. The molecule has 26 nitrogen and oxygen atoms in total. The number of carbonyl (C=O) groups excluding carboxylic acids is 1. The molecule has 0 aromatic heterocycles. The highest BCUT2D eigenvalue weighted by molar-refractivity contribution is 8.70. The summed E-state index contributed by atoms with van der Waals surface area (Å²) in [5, 5.41) is -15.9. The summed E-state index contributed by atoms with van der Waals surface area (Å²) in [6.07, 6.45) is 4.57. The topological polar surface area (TPSA) is 327 Å². The zero-order chi connectivity index (χ0) is 106. The van der Waals surface area contributed by atoms with Crippen molar-refractivity contribution in [3.63, 3.8) is 0 Å². The lowest BCUT2D eigenvalue weighted by molar-refractivity contribution is -1.39. The van der Waals surface area contributed by atoms with Gasteiger partial charge in [0.05, 0.1) is 54.8 Å². The quantitative estimate of drug-likeness (QED) is 0.00428. The summed E-state index contributed by atoms with van der Waals surface area (Å²) in [5.41, 5.74) is -4.75. The zero-order valence-electron chi connectivity index (χ0n) is 78.6. The number of likely N-dealkylation sites (N-methyl/N-ethyl adjacent to an activating group) is 1. The van der Waals surface area contributed by atoms with Gasteiger partial charge in [-0.3, -0.25) is 5.32 Å². The average Bonchev–Trinajstić information content (AvgIpc) is 0.708. The molecule has 49 heteroatoms. The van der Waals surface area contributed by atoms with Gasteiger partial charge < -0.3 is 27.5 Å². The molecule has 0 unspecified atom stereocenters. The Labute approximate surface area is 849 Å². The van der Waals surface area contributed by atoms with Gasteiger partial charge >= 0.3 is 42.5 Å². The highest BCUT2D eigenvalue weighted by atomic mass is 33.1. The van der Waals surface area contributed by atoms with Crippen LogP contribution in [0.4, 0.5) is 69.1 Å². The molecule has 784 valence electrons. The van der Waals surface area contributed by atoms with Crippen LogP contribution in [0.15, 0.2) is 364 Å². The van der Waals surface area contributed by atoms with Crippen LogP contribution in [0, 0.1) is 6.92 Å². The number of hydrogen-bond donors (Lipinski definition) is 1. The summed E-state index contributed by atoms with van der Waals surface area (Å²) in [7, 11) is -28.8. The number of halogens is 12. The lowest BCUT2D eigenvalue weighted by Crippen LogP contribution is -2.64. The van der Waals surface area contributed by atoms with Crippen LogP contribution in [-0.4, -0.2) is 177 Å². The fraction of sp³-hybridized carbons (Fsp3) is 0.295. The molecule has 0 radical (unpaired) electrons. The van der Waals surface area contributed by atoms with Gasteiger partial charge in [-0.05, 0) is 199 Å². The van der Waals surface area contributed by atoms with Crippen LogP contribution in [0.2, 0.25) is 0 Å². The Hall–Kier alpha value is -9.46. The molecule has 1 fully saturated rings. The smallest absolute Gasteiger partial charge is 0.480 e. The highest BCUT2D eigenvalue weighted by Gasteiger charge is 2.81. The molecule has 1 aliphatic heterocycles. The molecule has 12 rings (SSSR count). The Morgan fingerprint density at radius 1 is 0.458 bits per heavy atom. The Morgan fingerprint density at radius 3 is 1.19 bits per heavy atom. The molecule has 0 saturated carbocycles. The predicted octanol–water partition coefficient (Wildman–Crippen LogP) is 23.4. The minimum atomic E-state index is -7.88. The van der Waals surface area contributed by atoms with Gasteiger partial charge in [0.2, 0.25) is 0 Å². The standard InChI is InChI=1S/C19H31N2O6S2.C19H17S.2C18H15S.C12H18F3N2O7S3.C9H11F9N3O6S3/c1-5-6-7-8-9-10-15-28(23,24)21-29(25,26)17-13-11-16(12-14-17)20-18(22)27-19(2,3)4;1-16-12-14-19(15-13-16)20(17-8-4-2-5-9-17)18-10-6-3-7-11-18;2*1-4-10-16(11-5-1)19(17-12-6-2-7-13-17)18-14-8-3-9-15-18;1-16(2)11-3-5-12(6-4-11)20-9-26-27(18,19)23-10-25-24-22-8-7-21-17(13,14)15;1-20-2-4-21(5-3-20)30(26,27)8(14,15)6(10,11)7(12,13)28(22,23)19-29(24,25)9(16,17)18/h11-14H,5-10,15H2,1-4H3,(H,20,22);2-15H,1H3;2*1-15H;3-6H,7-10H2,1-2H3;2-5H2,1H3/q-1;4*+1;-1. The minimum absolute atomic E-state index is 0.0146. The molecule has 1 amide bonds. The maximum absolute atomic E-state index is 14.0. The van der Waals surface area contributed by atoms with E-state index in [9.17, 15) is 108 Å². The number of rotatable bonds is 41. The molecular weight excluding hydrogens is 2120 g/mol. The van der Waals surface area contributed by atoms with Gasteiger partial charge in [0, 0.05) is 73.1 Å². The summed E-state index contributed by atoms with van der Waals surface area (Å²) in [4.78, 5) is 34.7. The van der Waals surface area contributed by atoms with E-state index < -0.39 is 130 Å². The summed E-state index contributed by atoms with van der Waals surface area (Å²) < 4.78 is 316. The SMILES string of the molecule is CCCCCCCCS(=O)(=O)[N-]S(=O)(=O)c1ccc(NC(=O)OC(C)(C)C)cc1.CN(C)c1ccc(OCSS(=O)(=O)OCSOOCCO[N+](F)(F)F)cc1.CN1CCN(S(=O)(=O)C(F)(F)C(F)(F)C(F)(F)S(=O)(=O)[N-]S(=O)(=O)C(F)(F)F)CC1.Cc1ccc([S+](c2ccccc2)c2ccccc2)cc1.c1ccc([S+](c2ccccc2)c2ccccc2)cc1.c1ccc([S+](c2ccccc2)c2ccccc2)cc1. The first-order valence-corrected chi connectivity index (χ1v) is 58.1. The second kappa shape index (κ2) is 56.6. The van der Waals surface area contributed by atoms with Crippen molar-refractivity contribution in [2.24, 2.45) is 0 Å². The number of amides is 1. The van der Waals surface area contributed by atoms with Gasteiger partial charge in [0.1, 0.15) is 54.0 Å². The van der Waals surface area contributed by atoms with Crippen molar-refractivity contribution < 1.29 is 141 Å². The van der Waals surface area contributed by atoms with Crippen molar-refractivity contribution in [1.29, 1.82) is 0 Å². The number of carbonyl (C=O) groups is 1. The molecule has 11 aromatic rings. The number of anilines is 2. The molecule has 1 saturated heterocycles. The van der Waals surface area contributed by atoms with Crippen LogP contribution in [0.5, 0.6) is 5.75 Å². The van der Waals surface area contributed by atoms with Gasteiger partial charge in [0.15, 0.2) is 70.0 Å². The number of piperazine rings is 1. The van der Waals surface area contributed by atoms with Gasteiger partial charge in [-0.25, -0.2) is 56.0 Å². The molecule has 1 aliphatic rings. The molecule has 0 spiro atoms. The molecular formula is C95H107F12N7O19S11+2. The molecule has 0 atom stereocenters. The normalized spacial score (nSPS) is 13.2. The van der Waals surface area contributed by atoms with Gasteiger partial charge in [-0.15, -0.1) is 0 Å². The molecule has 11 aromatic carbocycles. The van der Waals surface area contributed by atoms with Crippen molar-refractivity contribution in [2.75, 3.05) is 88.4 Å². The molecule has 0 bridgehead atoms. The Balaban J connectivity index is 0.000000236. The molecule has 0 aliphatic carbocycles. The second-order valence-corrected chi connectivity index (χ2v) is 50.6. The Morgan fingerprint density at radius 2 is 0.833 bits per heavy atom. The number of hydrogen-bond acceptors (Lipinski definition) is 23. The third-order valence-corrected chi connectivity index (χ3v) is 37.0. The van der Waals surface area contributed by atoms with Crippen LogP contribution in [0.25, 0.3) is 8.25 Å². The summed E-state index contributed by atoms with van der Waals surface area (Å²) in [5.74, 6) is -7.88. The second-order valence-electron chi connectivity index (χ2n) is 31.4. The lowest BCUT2D eigenvalue weighted by Gasteiger charge is -2.39. The number of sulfonamides is 5. The monoisotopic (exact) mass is 2230 g/mol.